The van der Waals surface area contributed by atoms with E-state index >= 15 is 0 Å². The predicted molar refractivity (Wildman–Crippen MR) is 93.0 cm³/mol. The molecule has 3 rings (SSSR count). The van der Waals surface area contributed by atoms with Crippen molar-refractivity contribution in [3.63, 3.8) is 0 Å². The maximum absolute atomic E-state index is 10.1. The minimum Gasteiger partial charge on any atom is -0.508 e. The molecule has 1 heterocycles. The monoisotopic (exact) mass is 304 g/mol. The van der Waals surface area contributed by atoms with E-state index in [1.165, 1.54) is 0 Å². The van der Waals surface area contributed by atoms with Gasteiger partial charge in [0.15, 0.2) is 0 Å². The molecule has 0 spiro atoms. The number of benzene rings is 2. The fourth-order valence-corrected chi connectivity index (χ4v) is 2.55. The van der Waals surface area contributed by atoms with E-state index in [2.05, 4.69) is 29.4 Å². The highest BCUT2D eigenvalue weighted by molar-refractivity contribution is 5.65. The van der Waals surface area contributed by atoms with Crippen molar-refractivity contribution in [2.24, 2.45) is 0 Å². The fourth-order valence-electron chi connectivity index (χ4n) is 2.55. The van der Waals surface area contributed by atoms with Gasteiger partial charge in [-0.3, -0.25) is 4.98 Å². The summed E-state index contributed by atoms with van der Waals surface area (Å²) in [5.41, 5.74) is 4.27. The van der Waals surface area contributed by atoms with Crippen LogP contribution in [-0.4, -0.2) is 10.1 Å². The average molecular weight is 304 g/mol. The third kappa shape index (κ3) is 3.76. The smallest absolute Gasteiger partial charge is 0.120 e. The molecular formula is C20H20N2O. The van der Waals surface area contributed by atoms with Crippen molar-refractivity contribution >= 4 is 0 Å². The third-order valence-electron chi connectivity index (χ3n) is 3.97. The Morgan fingerprint density at radius 2 is 1.83 bits per heavy atom. The van der Waals surface area contributed by atoms with Gasteiger partial charge in [0, 0.05) is 30.5 Å². The molecule has 23 heavy (non-hydrogen) atoms. The zero-order valence-corrected chi connectivity index (χ0v) is 13.1. The molecule has 0 unspecified atom stereocenters. The molecule has 3 aromatic rings. The summed E-state index contributed by atoms with van der Waals surface area (Å²) in [4.78, 5) is 4.14. The molecule has 0 fully saturated rings. The van der Waals surface area contributed by atoms with Gasteiger partial charge in [-0.25, -0.2) is 0 Å². The van der Waals surface area contributed by atoms with E-state index in [1.54, 1.807) is 12.3 Å². The average Bonchev–Trinajstić information content (AvgIpc) is 2.62. The number of pyridine rings is 1. The molecule has 0 bridgehead atoms. The molecule has 0 aliphatic carbocycles. The molecular weight excluding hydrogens is 284 g/mol. The lowest BCUT2D eigenvalue weighted by Crippen LogP contribution is -2.18. The topological polar surface area (TPSA) is 45.1 Å². The first-order chi connectivity index (χ1) is 11.2. The van der Waals surface area contributed by atoms with Crippen molar-refractivity contribution in [3.05, 3.63) is 84.2 Å². The van der Waals surface area contributed by atoms with Crippen molar-refractivity contribution in [2.45, 2.75) is 19.5 Å². The van der Waals surface area contributed by atoms with E-state index in [4.69, 9.17) is 0 Å². The lowest BCUT2D eigenvalue weighted by molar-refractivity contribution is 0.460. The molecule has 3 nitrogen and oxygen atoms in total. The molecule has 2 aromatic carbocycles. The molecule has 0 saturated heterocycles. The summed E-state index contributed by atoms with van der Waals surface area (Å²) in [6, 6.07) is 20.1. The van der Waals surface area contributed by atoms with Crippen molar-refractivity contribution in [1.82, 2.24) is 10.3 Å². The summed E-state index contributed by atoms with van der Waals surface area (Å²) in [6.45, 7) is 2.69. The van der Waals surface area contributed by atoms with Gasteiger partial charge in [-0.1, -0.05) is 42.5 Å². The second-order valence-corrected chi connectivity index (χ2v) is 5.60. The van der Waals surface area contributed by atoms with E-state index < -0.39 is 0 Å². The number of nitrogens with one attached hydrogen (secondary N) is 1. The van der Waals surface area contributed by atoms with Gasteiger partial charge in [-0.05, 0) is 41.8 Å². The van der Waals surface area contributed by atoms with Gasteiger partial charge in [0.05, 0.1) is 0 Å². The van der Waals surface area contributed by atoms with Crippen molar-refractivity contribution in [3.8, 4) is 16.9 Å². The number of nitrogens with zero attached hydrogens (tertiary/aromatic N) is 1. The molecule has 0 radical (unpaired) electrons. The number of phenolic OH excluding ortho intramolecular Hbond substituents is 1. The van der Waals surface area contributed by atoms with Gasteiger partial charge in [0.1, 0.15) is 5.75 Å². The van der Waals surface area contributed by atoms with Gasteiger partial charge < -0.3 is 10.4 Å². The number of aromatic hydroxyl groups is 1. The highest BCUT2D eigenvalue weighted by Gasteiger charge is 2.08. The molecule has 0 amide bonds. The third-order valence-corrected chi connectivity index (χ3v) is 3.97. The van der Waals surface area contributed by atoms with Gasteiger partial charge in [0.2, 0.25) is 0 Å². The van der Waals surface area contributed by atoms with Crippen LogP contribution in [0.25, 0.3) is 11.1 Å². The minimum atomic E-state index is 0.170. The second-order valence-electron chi connectivity index (χ2n) is 5.60. The number of hydrogen-bond acceptors (Lipinski definition) is 3. The van der Waals surface area contributed by atoms with Crippen LogP contribution in [0.1, 0.15) is 24.1 Å². The summed E-state index contributed by atoms with van der Waals surface area (Å²) in [6.07, 6.45) is 3.63. The summed E-state index contributed by atoms with van der Waals surface area (Å²) in [5.74, 6) is 0.315. The molecule has 0 aliphatic rings. The van der Waals surface area contributed by atoms with Gasteiger partial charge in [0.25, 0.3) is 0 Å². The molecule has 2 N–H and O–H groups in total. The Morgan fingerprint density at radius 3 is 2.57 bits per heavy atom. The van der Waals surface area contributed by atoms with E-state index in [-0.39, 0.29) is 6.04 Å². The maximum Gasteiger partial charge on any atom is 0.120 e. The van der Waals surface area contributed by atoms with Crippen LogP contribution in [0, 0.1) is 0 Å². The lowest BCUT2D eigenvalue weighted by Gasteiger charge is -2.15. The largest absolute Gasteiger partial charge is 0.508 e. The standard InChI is InChI=1S/C20H20N2O/c1-15(18-8-5-11-21-13-18)22-14-19-12-17(9-10-20(19)23)16-6-3-2-4-7-16/h2-13,15,22-23H,14H2,1H3/t15-/m1/s1. The number of phenols is 1. The summed E-state index contributed by atoms with van der Waals surface area (Å²) < 4.78 is 0. The van der Waals surface area contributed by atoms with Crippen LogP contribution in [0.15, 0.2) is 73.1 Å². The lowest BCUT2D eigenvalue weighted by atomic mass is 10.0. The Bertz CT molecular complexity index is 757. The number of rotatable bonds is 5. The molecule has 0 saturated carbocycles. The summed E-state index contributed by atoms with van der Waals surface area (Å²) in [5, 5.41) is 13.5. The highest BCUT2D eigenvalue weighted by atomic mass is 16.3. The first-order valence-corrected chi connectivity index (χ1v) is 7.74. The molecule has 116 valence electrons. The quantitative estimate of drug-likeness (QED) is 0.738. The second kappa shape index (κ2) is 7.07. The van der Waals surface area contributed by atoms with Crippen LogP contribution in [0.2, 0.25) is 0 Å². The maximum atomic E-state index is 10.1. The van der Waals surface area contributed by atoms with Crippen LogP contribution >= 0.6 is 0 Å². The molecule has 3 heteroatoms. The first-order valence-electron chi connectivity index (χ1n) is 7.74. The Labute approximate surface area is 136 Å². The Morgan fingerprint density at radius 1 is 1.00 bits per heavy atom. The van der Waals surface area contributed by atoms with Crippen LogP contribution < -0.4 is 5.32 Å². The van der Waals surface area contributed by atoms with E-state index in [0.29, 0.717) is 12.3 Å². The van der Waals surface area contributed by atoms with Gasteiger partial charge in [-0.2, -0.15) is 0 Å². The van der Waals surface area contributed by atoms with Crippen LogP contribution in [0.3, 0.4) is 0 Å². The van der Waals surface area contributed by atoms with Crippen LogP contribution in [0.5, 0.6) is 5.75 Å². The SMILES string of the molecule is C[C@@H](NCc1cc(-c2ccccc2)ccc1O)c1cccnc1. The van der Waals surface area contributed by atoms with Gasteiger partial charge in [-0.15, -0.1) is 0 Å². The van der Waals surface area contributed by atoms with E-state index in [1.807, 2.05) is 48.7 Å². The zero-order valence-electron chi connectivity index (χ0n) is 13.1. The summed E-state index contributed by atoms with van der Waals surface area (Å²) in [7, 11) is 0. The predicted octanol–water partition coefficient (Wildman–Crippen LogP) is 4.31. The van der Waals surface area contributed by atoms with Crippen molar-refractivity contribution in [2.75, 3.05) is 0 Å². The minimum absolute atomic E-state index is 0.170. The molecule has 1 aromatic heterocycles. The molecule has 1 atom stereocenters. The summed E-state index contributed by atoms with van der Waals surface area (Å²) >= 11 is 0. The van der Waals surface area contributed by atoms with Gasteiger partial charge >= 0.3 is 0 Å². The molecule has 0 aliphatic heterocycles. The first kappa shape index (κ1) is 15.3. The highest BCUT2D eigenvalue weighted by Crippen LogP contribution is 2.26. The van der Waals surface area contributed by atoms with E-state index in [0.717, 1.165) is 22.3 Å². The van der Waals surface area contributed by atoms with E-state index in [9.17, 15) is 5.11 Å². The Balaban J connectivity index is 1.75. The Kier molecular flexibility index (Phi) is 4.69. The van der Waals surface area contributed by atoms with Crippen molar-refractivity contribution in [1.29, 1.82) is 0 Å². The fraction of sp³-hybridized carbons (Fsp3) is 0.150. The van der Waals surface area contributed by atoms with Crippen LogP contribution in [-0.2, 0) is 6.54 Å². The van der Waals surface area contributed by atoms with Crippen LogP contribution in [0.4, 0.5) is 0 Å². The number of hydrogen-bond donors (Lipinski definition) is 2. The van der Waals surface area contributed by atoms with Crippen molar-refractivity contribution < 1.29 is 5.11 Å². The zero-order chi connectivity index (χ0) is 16.1. The number of aromatic nitrogens is 1. The Hall–Kier alpha value is -2.65. The normalized spacial score (nSPS) is 12.0.